The Bertz CT molecular complexity index is 686. The Morgan fingerprint density at radius 1 is 1.24 bits per heavy atom. The first-order valence-corrected chi connectivity index (χ1v) is 7.31. The van der Waals surface area contributed by atoms with E-state index >= 15 is 0 Å². The van der Waals surface area contributed by atoms with E-state index in [4.69, 9.17) is 0 Å². The maximum atomic E-state index is 12.0. The van der Waals surface area contributed by atoms with Crippen LogP contribution in [0.15, 0.2) is 18.2 Å². The second kappa shape index (κ2) is 5.00. The highest BCUT2D eigenvalue weighted by Gasteiger charge is 2.34. The molecule has 0 bridgehead atoms. The maximum Gasteiger partial charge on any atom is 0.259 e. The van der Waals surface area contributed by atoms with Gasteiger partial charge in [0.15, 0.2) is 5.12 Å². The smallest absolute Gasteiger partial charge is 0.259 e. The largest absolute Gasteiger partial charge is 0.311 e. The van der Waals surface area contributed by atoms with Crippen molar-refractivity contribution in [1.29, 1.82) is 0 Å². The van der Waals surface area contributed by atoms with E-state index in [2.05, 4.69) is 5.32 Å². The molecule has 1 fully saturated rings. The van der Waals surface area contributed by atoms with Gasteiger partial charge in [0.25, 0.3) is 11.8 Å². The van der Waals surface area contributed by atoms with Crippen molar-refractivity contribution in [3.63, 3.8) is 0 Å². The molecule has 0 radical (unpaired) electrons. The summed E-state index contributed by atoms with van der Waals surface area (Å²) in [4.78, 5) is 47.9. The van der Waals surface area contributed by atoms with E-state index in [1.54, 1.807) is 23.1 Å². The lowest BCUT2D eigenvalue weighted by Gasteiger charge is -2.17. The summed E-state index contributed by atoms with van der Waals surface area (Å²) < 4.78 is 0. The molecule has 3 amide bonds. The highest BCUT2D eigenvalue weighted by Crippen LogP contribution is 2.30. The molecular formula is C14H12N2O4S. The molecular weight excluding hydrogens is 292 g/mol. The quantitative estimate of drug-likeness (QED) is 0.823. The zero-order valence-electron chi connectivity index (χ0n) is 11.2. The predicted molar refractivity (Wildman–Crippen MR) is 77.3 cm³/mol. The van der Waals surface area contributed by atoms with Gasteiger partial charge >= 0.3 is 0 Å². The molecule has 7 heteroatoms. The summed E-state index contributed by atoms with van der Waals surface area (Å²) in [6, 6.07) is 4.74. The minimum atomic E-state index is -0.446. The minimum Gasteiger partial charge on any atom is -0.311 e. The van der Waals surface area contributed by atoms with Crippen molar-refractivity contribution >= 4 is 40.3 Å². The third-order valence-corrected chi connectivity index (χ3v) is 4.43. The fourth-order valence-electron chi connectivity index (χ4n) is 2.56. The molecule has 0 aromatic heterocycles. The molecule has 2 heterocycles. The lowest BCUT2D eigenvalue weighted by molar-refractivity contribution is -0.117. The number of rotatable bonds is 2. The number of hydrogen-bond donors (Lipinski definition) is 1. The van der Waals surface area contributed by atoms with Crippen LogP contribution in [0.3, 0.4) is 0 Å². The van der Waals surface area contributed by atoms with Gasteiger partial charge in [0, 0.05) is 30.8 Å². The van der Waals surface area contributed by atoms with E-state index in [0.717, 1.165) is 11.8 Å². The Balaban J connectivity index is 1.87. The molecule has 1 N–H and O–H groups in total. The monoisotopic (exact) mass is 304 g/mol. The molecule has 1 unspecified atom stereocenters. The van der Waals surface area contributed by atoms with Crippen LogP contribution < -0.4 is 10.2 Å². The number of nitrogens with one attached hydrogen (secondary N) is 1. The van der Waals surface area contributed by atoms with Crippen molar-refractivity contribution in [2.24, 2.45) is 0 Å². The standard InChI is InChI=1S/C14H12N2O4S/c1-7(17)21-9-5-12(18)16(6-9)8-2-3-10-11(4-8)14(20)15-13(10)19/h2-4,9H,5-6H2,1H3,(H,15,19,20). The van der Waals surface area contributed by atoms with Crippen LogP contribution in [-0.2, 0) is 9.59 Å². The number of benzene rings is 1. The van der Waals surface area contributed by atoms with Gasteiger partial charge < -0.3 is 4.90 Å². The third-order valence-electron chi connectivity index (χ3n) is 3.45. The first-order chi connectivity index (χ1) is 9.95. The van der Waals surface area contributed by atoms with Gasteiger partial charge in [0.05, 0.1) is 11.1 Å². The number of carbonyl (C=O) groups is 4. The second-order valence-corrected chi connectivity index (χ2v) is 6.43. The molecule has 0 aliphatic carbocycles. The van der Waals surface area contributed by atoms with E-state index in [-0.39, 0.29) is 21.8 Å². The van der Waals surface area contributed by atoms with Crippen LogP contribution in [0.25, 0.3) is 0 Å². The summed E-state index contributed by atoms with van der Waals surface area (Å²) in [5.41, 5.74) is 1.19. The van der Waals surface area contributed by atoms with Crippen LogP contribution in [0.2, 0.25) is 0 Å². The first-order valence-electron chi connectivity index (χ1n) is 6.43. The normalized spacial score (nSPS) is 20.7. The molecule has 3 rings (SSSR count). The number of carbonyl (C=O) groups excluding carboxylic acids is 4. The van der Waals surface area contributed by atoms with Crippen molar-refractivity contribution in [3.8, 4) is 0 Å². The summed E-state index contributed by atoms with van der Waals surface area (Å²) in [6.45, 7) is 1.90. The summed E-state index contributed by atoms with van der Waals surface area (Å²) in [5, 5.41) is 2.13. The molecule has 108 valence electrons. The third kappa shape index (κ3) is 2.44. The number of nitrogens with zero attached hydrogens (tertiary/aromatic N) is 1. The average molecular weight is 304 g/mol. The Hall–Kier alpha value is -2.15. The van der Waals surface area contributed by atoms with Crippen LogP contribution in [0.5, 0.6) is 0 Å². The van der Waals surface area contributed by atoms with Crippen LogP contribution in [-0.4, -0.2) is 34.6 Å². The molecule has 1 aromatic carbocycles. The number of amides is 3. The van der Waals surface area contributed by atoms with Gasteiger partial charge in [-0.25, -0.2) is 0 Å². The van der Waals surface area contributed by atoms with Crippen molar-refractivity contribution in [1.82, 2.24) is 5.32 Å². The Kier molecular flexibility index (Phi) is 3.29. The summed E-state index contributed by atoms with van der Waals surface area (Å²) in [6.07, 6.45) is 0.298. The highest BCUT2D eigenvalue weighted by atomic mass is 32.2. The van der Waals surface area contributed by atoms with Crippen LogP contribution in [0, 0.1) is 0 Å². The van der Waals surface area contributed by atoms with E-state index < -0.39 is 11.8 Å². The van der Waals surface area contributed by atoms with Gasteiger partial charge in [-0.15, -0.1) is 0 Å². The minimum absolute atomic E-state index is 0.0198. The Morgan fingerprint density at radius 3 is 2.67 bits per heavy atom. The van der Waals surface area contributed by atoms with E-state index in [1.165, 1.54) is 6.92 Å². The predicted octanol–water partition coefficient (Wildman–Crippen LogP) is 0.955. The molecule has 2 aliphatic rings. The van der Waals surface area contributed by atoms with Gasteiger partial charge in [-0.2, -0.15) is 0 Å². The van der Waals surface area contributed by atoms with Crippen molar-refractivity contribution < 1.29 is 19.2 Å². The summed E-state index contributed by atoms with van der Waals surface area (Å²) >= 11 is 1.16. The number of hydrogen-bond acceptors (Lipinski definition) is 5. The molecule has 1 saturated heterocycles. The lowest BCUT2D eigenvalue weighted by Crippen LogP contribution is -2.25. The average Bonchev–Trinajstić information content (AvgIpc) is 2.90. The highest BCUT2D eigenvalue weighted by molar-refractivity contribution is 8.14. The van der Waals surface area contributed by atoms with Gasteiger partial charge in [-0.05, 0) is 18.2 Å². The Morgan fingerprint density at radius 2 is 1.95 bits per heavy atom. The molecule has 6 nitrogen and oxygen atoms in total. The summed E-state index contributed by atoms with van der Waals surface area (Å²) in [7, 11) is 0. The summed E-state index contributed by atoms with van der Waals surface area (Å²) in [5.74, 6) is -0.948. The zero-order chi connectivity index (χ0) is 15.1. The molecule has 21 heavy (non-hydrogen) atoms. The number of imide groups is 1. The fourth-order valence-corrected chi connectivity index (χ4v) is 3.48. The van der Waals surface area contributed by atoms with Gasteiger partial charge in [-0.1, -0.05) is 11.8 Å². The number of thioether (sulfide) groups is 1. The maximum absolute atomic E-state index is 12.0. The first kappa shape index (κ1) is 13.8. The molecule has 0 spiro atoms. The number of fused-ring (bicyclic) bond motifs is 1. The second-order valence-electron chi connectivity index (χ2n) is 4.95. The van der Waals surface area contributed by atoms with Crippen molar-refractivity contribution in [2.45, 2.75) is 18.6 Å². The van der Waals surface area contributed by atoms with Crippen molar-refractivity contribution in [2.75, 3.05) is 11.4 Å². The fraction of sp³-hybridized carbons (Fsp3) is 0.286. The van der Waals surface area contributed by atoms with Crippen LogP contribution in [0.1, 0.15) is 34.1 Å². The molecule has 1 atom stereocenters. The molecule has 0 saturated carbocycles. The van der Waals surface area contributed by atoms with Crippen LogP contribution >= 0.6 is 11.8 Å². The lowest BCUT2D eigenvalue weighted by atomic mass is 10.1. The van der Waals surface area contributed by atoms with Crippen molar-refractivity contribution in [3.05, 3.63) is 29.3 Å². The van der Waals surface area contributed by atoms with Gasteiger partial charge in [0.1, 0.15) is 0 Å². The SMILES string of the molecule is CC(=O)SC1CC(=O)N(c2ccc3c(c2)C(=O)NC3=O)C1. The molecule has 1 aromatic rings. The van der Waals surface area contributed by atoms with E-state index in [1.807, 2.05) is 0 Å². The Labute approximate surface area is 124 Å². The van der Waals surface area contributed by atoms with Crippen LogP contribution in [0.4, 0.5) is 5.69 Å². The zero-order valence-corrected chi connectivity index (χ0v) is 12.0. The topological polar surface area (TPSA) is 83.6 Å². The number of anilines is 1. The molecule has 2 aliphatic heterocycles. The van der Waals surface area contributed by atoms with E-state index in [9.17, 15) is 19.2 Å². The van der Waals surface area contributed by atoms with Gasteiger partial charge in [-0.3, -0.25) is 24.5 Å². The van der Waals surface area contributed by atoms with E-state index in [0.29, 0.717) is 24.2 Å². The van der Waals surface area contributed by atoms with Gasteiger partial charge in [0.2, 0.25) is 5.91 Å².